The normalized spacial score (nSPS) is 22.1. The fourth-order valence-electron chi connectivity index (χ4n) is 1.61. The Balaban J connectivity index is 2.20. The van der Waals surface area contributed by atoms with Gasteiger partial charge in [-0.3, -0.25) is 9.63 Å². The molecule has 0 aliphatic heterocycles. The number of hydrogen-bond acceptors (Lipinski definition) is 4. The van der Waals surface area contributed by atoms with E-state index in [2.05, 4.69) is 5.48 Å². The summed E-state index contributed by atoms with van der Waals surface area (Å²) in [4.78, 5) is 16.5. The fourth-order valence-corrected chi connectivity index (χ4v) is 1.61. The zero-order chi connectivity index (χ0) is 11.3. The summed E-state index contributed by atoms with van der Waals surface area (Å²) >= 11 is 0. The van der Waals surface area contributed by atoms with Crippen LogP contribution in [0.15, 0.2) is 0 Å². The minimum Gasteiger partial charge on any atom is -0.391 e. The predicted molar refractivity (Wildman–Crippen MR) is 55.8 cm³/mol. The number of nitrogens with two attached hydrogens (primary N) is 1. The van der Waals surface area contributed by atoms with Crippen LogP contribution in [0.1, 0.15) is 39.0 Å². The zero-order valence-electron chi connectivity index (χ0n) is 9.11. The average Bonchev–Trinajstić information content (AvgIpc) is 2.26. The van der Waals surface area contributed by atoms with Crippen LogP contribution in [-0.4, -0.2) is 29.3 Å². The molecule has 0 aromatic heterocycles. The summed E-state index contributed by atoms with van der Waals surface area (Å²) < 4.78 is 0. The van der Waals surface area contributed by atoms with Crippen molar-refractivity contribution in [2.24, 2.45) is 5.73 Å². The first-order valence-electron chi connectivity index (χ1n) is 5.50. The second kappa shape index (κ2) is 6.05. The summed E-state index contributed by atoms with van der Waals surface area (Å²) in [5.41, 5.74) is 7.74. The van der Waals surface area contributed by atoms with Crippen molar-refractivity contribution in [2.45, 2.75) is 57.3 Å². The highest BCUT2D eigenvalue weighted by Gasteiger charge is 2.21. The van der Waals surface area contributed by atoms with Crippen LogP contribution in [0.25, 0.3) is 0 Å². The molecule has 4 N–H and O–H groups in total. The number of nitrogens with one attached hydrogen (secondary N) is 1. The lowest BCUT2D eigenvalue weighted by Gasteiger charge is -2.22. The van der Waals surface area contributed by atoms with E-state index in [0.717, 1.165) is 25.7 Å². The third-order valence-corrected chi connectivity index (χ3v) is 2.70. The Morgan fingerprint density at radius 1 is 1.47 bits per heavy atom. The standard InChI is InChI=1S/C10H20N2O3/c1-7(13)9(11)10(14)12-15-8-5-3-2-4-6-8/h7-9,13H,2-6,11H2,1H3,(H,12,14)/t7-,9+/m1/s1. The third kappa shape index (κ3) is 4.15. The van der Waals surface area contributed by atoms with Gasteiger partial charge in [-0.05, 0) is 19.8 Å². The first kappa shape index (κ1) is 12.4. The van der Waals surface area contributed by atoms with Gasteiger partial charge in [0.05, 0.1) is 12.2 Å². The van der Waals surface area contributed by atoms with E-state index < -0.39 is 18.1 Å². The van der Waals surface area contributed by atoms with Crippen LogP contribution in [-0.2, 0) is 9.63 Å². The zero-order valence-corrected chi connectivity index (χ0v) is 9.11. The van der Waals surface area contributed by atoms with Gasteiger partial charge in [-0.1, -0.05) is 19.3 Å². The van der Waals surface area contributed by atoms with Gasteiger partial charge in [-0.15, -0.1) is 0 Å². The Morgan fingerprint density at radius 2 is 2.07 bits per heavy atom. The predicted octanol–water partition coefficient (Wildman–Crippen LogP) is 0.0750. The lowest BCUT2D eigenvalue weighted by molar-refractivity contribution is -0.143. The molecular weight excluding hydrogens is 196 g/mol. The van der Waals surface area contributed by atoms with E-state index in [4.69, 9.17) is 15.7 Å². The molecule has 1 amide bonds. The maximum atomic E-state index is 11.3. The Kier molecular flexibility index (Phi) is 5.01. The Hall–Kier alpha value is -0.650. The molecule has 0 saturated heterocycles. The van der Waals surface area contributed by atoms with E-state index in [1.165, 1.54) is 13.3 Å². The van der Waals surface area contributed by atoms with E-state index in [-0.39, 0.29) is 6.10 Å². The number of hydroxylamine groups is 1. The van der Waals surface area contributed by atoms with E-state index in [9.17, 15) is 4.79 Å². The number of rotatable bonds is 4. The minimum atomic E-state index is -0.923. The van der Waals surface area contributed by atoms with Gasteiger partial charge in [0, 0.05) is 0 Å². The van der Waals surface area contributed by atoms with E-state index in [1.54, 1.807) is 0 Å². The second-order valence-electron chi connectivity index (χ2n) is 4.11. The first-order chi connectivity index (χ1) is 7.11. The largest absolute Gasteiger partial charge is 0.391 e. The summed E-state index contributed by atoms with van der Waals surface area (Å²) in [7, 11) is 0. The van der Waals surface area contributed by atoms with E-state index in [1.807, 2.05) is 0 Å². The van der Waals surface area contributed by atoms with Crippen molar-refractivity contribution >= 4 is 5.91 Å². The van der Waals surface area contributed by atoms with Crippen LogP contribution in [0.2, 0.25) is 0 Å². The molecule has 15 heavy (non-hydrogen) atoms. The van der Waals surface area contributed by atoms with Gasteiger partial charge in [0.15, 0.2) is 0 Å². The first-order valence-corrected chi connectivity index (χ1v) is 5.50. The highest BCUT2D eigenvalue weighted by molar-refractivity contribution is 5.81. The number of carbonyl (C=O) groups is 1. The Morgan fingerprint density at radius 3 is 2.60 bits per heavy atom. The van der Waals surface area contributed by atoms with Crippen molar-refractivity contribution < 1.29 is 14.7 Å². The summed E-state index contributed by atoms with van der Waals surface area (Å²) in [6.45, 7) is 1.48. The molecule has 0 spiro atoms. The van der Waals surface area contributed by atoms with Crippen molar-refractivity contribution in [3.8, 4) is 0 Å². The van der Waals surface area contributed by atoms with Crippen molar-refractivity contribution in [2.75, 3.05) is 0 Å². The minimum absolute atomic E-state index is 0.101. The Labute approximate surface area is 89.9 Å². The third-order valence-electron chi connectivity index (χ3n) is 2.70. The van der Waals surface area contributed by atoms with Gasteiger partial charge in [0.25, 0.3) is 5.91 Å². The van der Waals surface area contributed by atoms with Gasteiger partial charge in [0.2, 0.25) is 0 Å². The van der Waals surface area contributed by atoms with Gasteiger partial charge in [-0.2, -0.15) is 0 Å². The topological polar surface area (TPSA) is 84.6 Å². The maximum absolute atomic E-state index is 11.3. The molecule has 0 unspecified atom stereocenters. The maximum Gasteiger partial charge on any atom is 0.263 e. The number of amides is 1. The molecule has 0 bridgehead atoms. The van der Waals surface area contributed by atoms with Gasteiger partial charge in [-0.25, -0.2) is 5.48 Å². The van der Waals surface area contributed by atoms with Crippen LogP contribution in [0, 0.1) is 0 Å². The van der Waals surface area contributed by atoms with Crippen LogP contribution < -0.4 is 11.2 Å². The summed E-state index contributed by atoms with van der Waals surface area (Å²) in [6.07, 6.45) is 4.71. The SMILES string of the molecule is C[C@@H](O)[C@H](N)C(=O)NOC1CCCCC1. The smallest absolute Gasteiger partial charge is 0.263 e. The molecule has 5 heteroatoms. The molecule has 1 saturated carbocycles. The van der Waals surface area contributed by atoms with E-state index in [0.29, 0.717) is 0 Å². The molecule has 0 radical (unpaired) electrons. The lowest BCUT2D eigenvalue weighted by Crippen LogP contribution is -2.48. The number of aliphatic hydroxyl groups is 1. The van der Waals surface area contributed by atoms with E-state index >= 15 is 0 Å². The number of hydrogen-bond donors (Lipinski definition) is 3. The monoisotopic (exact) mass is 216 g/mol. The van der Waals surface area contributed by atoms with Crippen molar-refractivity contribution in [1.82, 2.24) is 5.48 Å². The molecule has 0 aromatic carbocycles. The molecule has 88 valence electrons. The molecule has 2 atom stereocenters. The number of aliphatic hydroxyl groups excluding tert-OH is 1. The molecule has 0 aromatic rings. The fraction of sp³-hybridized carbons (Fsp3) is 0.900. The quantitative estimate of drug-likeness (QED) is 0.581. The molecule has 1 aliphatic carbocycles. The van der Waals surface area contributed by atoms with Crippen molar-refractivity contribution in [1.29, 1.82) is 0 Å². The van der Waals surface area contributed by atoms with Gasteiger partial charge in [0.1, 0.15) is 6.04 Å². The average molecular weight is 216 g/mol. The lowest BCUT2D eigenvalue weighted by atomic mass is 9.98. The molecule has 5 nitrogen and oxygen atoms in total. The molecular formula is C10H20N2O3. The highest BCUT2D eigenvalue weighted by Crippen LogP contribution is 2.19. The molecule has 0 heterocycles. The second-order valence-corrected chi connectivity index (χ2v) is 4.11. The number of carbonyl (C=O) groups excluding carboxylic acids is 1. The summed E-state index contributed by atoms with van der Waals surface area (Å²) in [6, 6.07) is -0.923. The van der Waals surface area contributed by atoms with Crippen LogP contribution >= 0.6 is 0 Å². The van der Waals surface area contributed by atoms with Crippen LogP contribution in [0.3, 0.4) is 0 Å². The molecule has 1 fully saturated rings. The summed E-state index contributed by atoms with van der Waals surface area (Å²) in [5.74, 6) is -0.462. The van der Waals surface area contributed by atoms with Crippen LogP contribution in [0.4, 0.5) is 0 Å². The van der Waals surface area contributed by atoms with Crippen molar-refractivity contribution in [3.05, 3.63) is 0 Å². The molecule has 1 rings (SSSR count). The highest BCUT2D eigenvalue weighted by atomic mass is 16.7. The van der Waals surface area contributed by atoms with Crippen LogP contribution in [0.5, 0.6) is 0 Å². The Bertz CT molecular complexity index is 203. The molecule has 1 aliphatic rings. The van der Waals surface area contributed by atoms with Crippen molar-refractivity contribution in [3.63, 3.8) is 0 Å². The van der Waals surface area contributed by atoms with Gasteiger partial charge >= 0.3 is 0 Å². The van der Waals surface area contributed by atoms with Gasteiger partial charge < -0.3 is 10.8 Å². The summed E-state index contributed by atoms with van der Waals surface area (Å²) in [5, 5.41) is 9.09.